The molecule has 0 N–H and O–H groups in total. The molecule has 0 saturated heterocycles. The molecule has 1 heterocycles. The summed E-state index contributed by atoms with van der Waals surface area (Å²) < 4.78 is 5.21. The van der Waals surface area contributed by atoms with Crippen molar-refractivity contribution in [3.63, 3.8) is 0 Å². The summed E-state index contributed by atoms with van der Waals surface area (Å²) in [5.41, 5.74) is 1.31. The molecule has 1 saturated carbocycles. The molecule has 29 heavy (non-hydrogen) atoms. The molecule has 0 aromatic heterocycles. The monoisotopic (exact) mass is 393 g/mol. The van der Waals surface area contributed by atoms with E-state index in [1.165, 1.54) is 0 Å². The Kier molecular flexibility index (Phi) is 5.34. The Morgan fingerprint density at radius 1 is 0.931 bits per heavy atom. The molecule has 2 aromatic rings. The van der Waals surface area contributed by atoms with Gasteiger partial charge in [-0.1, -0.05) is 48.6 Å². The van der Waals surface area contributed by atoms with Gasteiger partial charge in [0.15, 0.2) is 0 Å². The summed E-state index contributed by atoms with van der Waals surface area (Å²) >= 11 is 0. The lowest BCUT2D eigenvalue weighted by Gasteiger charge is -2.29. The number of hydrogen-bond acceptors (Lipinski definition) is 5. The van der Waals surface area contributed by atoms with Crippen LogP contribution in [0.25, 0.3) is 0 Å². The van der Waals surface area contributed by atoms with Gasteiger partial charge in [0, 0.05) is 0 Å². The Morgan fingerprint density at radius 2 is 1.52 bits per heavy atom. The fraction of sp³-hybridized carbons (Fsp3) is 0.348. The predicted octanol–water partition coefficient (Wildman–Crippen LogP) is 4.11. The molecule has 0 radical (unpaired) electrons. The third-order valence-electron chi connectivity index (χ3n) is 5.79. The Labute approximate surface area is 169 Å². The van der Waals surface area contributed by atoms with E-state index in [-0.39, 0.29) is 17.0 Å². The first kappa shape index (κ1) is 19.2. The van der Waals surface area contributed by atoms with Crippen LogP contribution < -0.4 is 4.74 Å². The number of methoxy groups -OCH3 is 1. The zero-order chi connectivity index (χ0) is 20.4. The number of amides is 2. The van der Waals surface area contributed by atoms with E-state index in [1.807, 2.05) is 12.1 Å². The Bertz CT molecular complexity index is 896. The van der Waals surface area contributed by atoms with Gasteiger partial charge < -0.3 is 9.57 Å². The number of ether oxygens (including phenoxy) is 1. The molecule has 6 nitrogen and oxygen atoms in total. The number of nitrogens with zero attached hydrogens (tertiary/aromatic N) is 1. The maximum atomic E-state index is 13.2. The summed E-state index contributed by atoms with van der Waals surface area (Å²) in [6, 6.07) is 13.8. The molecule has 6 heteroatoms. The van der Waals surface area contributed by atoms with Crippen LogP contribution in [0.5, 0.6) is 5.75 Å². The van der Waals surface area contributed by atoms with Gasteiger partial charge in [0.25, 0.3) is 11.8 Å². The van der Waals surface area contributed by atoms with Crippen LogP contribution in [-0.4, -0.2) is 30.0 Å². The zero-order valence-electron chi connectivity index (χ0n) is 16.3. The van der Waals surface area contributed by atoms with Crippen molar-refractivity contribution in [2.45, 2.75) is 38.0 Å². The van der Waals surface area contributed by atoms with Gasteiger partial charge >= 0.3 is 5.97 Å². The third kappa shape index (κ3) is 3.62. The quantitative estimate of drug-likeness (QED) is 0.715. The first-order valence-corrected chi connectivity index (χ1v) is 9.93. The van der Waals surface area contributed by atoms with E-state index in [0.717, 1.165) is 37.7 Å². The Balaban J connectivity index is 1.60. The molecular formula is C23H23NO5. The largest absolute Gasteiger partial charge is 0.497 e. The highest BCUT2D eigenvalue weighted by Gasteiger charge is 2.41. The lowest BCUT2D eigenvalue weighted by atomic mass is 9.77. The molecule has 1 unspecified atom stereocenters. The van der Waals surface area contributed by atoms with Crippen LogP contribution in [0.3, 0.4) is 0 Å². The number of rotatable bonds is 5. The van der Waals surface area contributed by atoms with Crippen LogP contribution >= 0.6 is 0 Å². The minimum absolute atomic E-state index is 0.111. The van der Waals surface area contributed by atoms with Gasteiger partial charge in [0.1, 0.15) is 5.75 Å². The van der Waals surface area contributed by atoms with Gasteiger partial charge in [0.2, 0.25) is 0 Å². The summed E-state index contributed by atoms with van der Waals surface area (Å²) in [7, 11) is 1.59. The Hall–Kier alpha value is -3.15. The first-order valence-electron chi connectivity index (χ1n) is 9.93. The SMILES string of the molecule is COc1ccc(C(C(=O)ON2C(=O)c3ccccc3C2=O)C2CCCCC2)cc1. The van der Waals surface area contributed by atoms with Crippen molar-refractivity contribution < 1.29 is 24.0 Å². The summed E-state index contributed by atoms with van der Waals surface area (Å²) in [6.45, 7) is 0. The van der Waals surface area contributed by atoms with E-state index in [0.29, 0.717) is 10.8 Å². The van der Waals surface area contributed by atoms with E-state index in [1.54, 1.807) is 43.5 Å². The highest BCUT2D eigenvalue weighted by atomic mass is 16.7. The van der Waals surface area contributed by atoms with Gasteiger partial charge in [-0.2, -0.15) is 0 Å². The second-order valence-corrected chi connectivity index (χ2v) is 7.51. The van der Waals surface area contributed by atoms with Gasteiger partial charge in [0.05, 0.1) is 24.2 Å². The minimum atomic E-state index is -0.601. The molecule has 150 valence electrons. The second kappa shape index (κ2) is 8.07. The molecule has 1 fully saturated rings. The highest BCUT2D eigenvalue weighted by Crippen LogP contribution is 2.38. The van der Waals surface area contributed by atoms with Crippen molar-refractivity contribution in [1.29, 1.82) is 0 Å². The van der Waals surface area contributed by atoms with Gasteiger partial charge in [-0.3, -0.25) is 9.59 Å². The Morgan fingerprint density at radius 3 is 2.07 bits per heavy atom. The molecule has 2 aliphatic rings. The number of hydrogen-bond donors (Lipinski definition) is 0. The maximum Gasteiger partial charge on any atom is 0.340 e. The van der Waals surface area contributed by atoms with Crippen LogP contribution in [0.2, 0.25) is 0 Å². The lowest BCUT2D eigenvalue weighted by Crippen LogP contribution is -2.36. The fourth-order valence-corrected chi connectivity index (χ4v) is 4.28. The first-order chi connectivity index (χ1) is 14.1. The van der Waals surface area contributed by atoms with Crippen LogP contribution in [0.4, 0.5) is 0 Å². The van der Waals surface area contributed by atoms with Crippen molar-refractivity contribution in [2.75, 3.05) is 7.11 Å². The van der Waals surface area contributed by atoms with E-state index in [9.17, 15) is 14.4 Å². The minimum Gasteiger partial charge on any atom is -0.497 e. The topological polar surface area (TPSA) is 72.9 Å². The van der Waals surface area contributed by atoms with Crippen molar-refractivity contribution in [2.24, 2.45) is 5.92 Å². The van der Waals surface area contributed by atoms with Gasteiger partial charge in [-0.15, -0.1) is 0 Å². The van der Waals surface area contributed by atoms with E-state index in [2.05, 4.69) is 0 Å². The standard InChI is InChI=1S/C23H23NO5/c1-28-17-13-11-16(12-14-17)20(15-7-3-2-4-8-15)23(27)29-24-21(25)18-9-5-6-10-19(18)22(24)26/h5-6,9-15,20H,2-4,7-8H2,1H3. The van der Waals surface area contributed by atoms with Crippen molar-refractivity contribution in [3.05, 3.63) is 65.2 Å². The fourth-order valence-electron chi connectivity index (χ4n) is 4.28. The molecule has 1 aliphatic heterocycles. The number of imide groups is 1. The number of carbonyl (C=O) groups is 3. The maximum absolute atomic E-state index is 13.2. The smallest absolute Gasteiger partial charge is 0.340 e. The molecule has 1 aliphatic carbocycles. The van der Waals surface area contributed by atoms with E-state index < -0.39 is 23.7 Å². The number of fused-ring (bicyclic) bond motifs is 1. The number of hydroxylamine groups is 2. The average Bonchev–Trinajstić information content (AvgIpc) is 3.00. The molecule has 0 spiro atoms. The third-order valence-corrected chi connectivity index (χ3v) is 5.79. The van der Waals surface area contributed by atoms with Gasteiger partial charge in [-0.25, -0.2) is 4.79 Å². The predicted molar refractivity (Wildman–Crippen MR) is 105 cm³/mol. The molecular weight excluding hydrogens is 370 g/mol. The highest BCUT2D eigenvalue weighted by molar-refractivity contribution is 6.20. The van der Waals surface area contributed by atoms with Crippen LogP contribution in [-0.2, 0) is 9.63 Å². The van der Waals surface area contributed by atoms with Gasteiger partial charge in [-0.05, 0) is 48.6 Å². The summed E-state index contributed by atoms with van der Waals surface area (Å²) in [5.74, 6) is -1.50. The normalized spacial score (nSPS) is 17.8. The zero-order valence-corrected chi connectivity index (χ0v) is 16.3. The molecule has 2 aromatic carbocycles. The summed E-state index contributed by atoms with van der Waals surface area (Å²) in [5, 5.41) is 0.604. The molecule has 1 atom stereocenters. The summed E-state index contributed by atoms with van der Waals surface area (Å²) in [4.78, 5) is 43.8. The average molecular weight is 393 g/mol. The summed E-state index contributed by atoms with van der Waals surface area (Å²) in [6.07, 6.45) is 5.08. The van der Waals surface area contributed by atoms with Crippen LogP contribution in [0, 0.1) is 5.92 Å². The number of benzene rings is 2. The molecule has 2 amide bonds. The van der Waals surface area contributed by atoms with E-state index in [4.69, 9.17) is 9.57 Å². The van der Waals surface area contributed by atoms with Crippen molar-refractivity contribution in [3.8, 4) is 5.75 Å². The van der Waals surface area contributed by atoms with E-state index >= 15 is 0 Å². The lowest BCUT2D eigenvalue weighted by molar-refractivity contribution is -0.172. The second-order valence-electron chi connectivity index (χ2n) is 7.51. The van der Waals surface area contributed by atoms with Crippen molar-refractivity contribution in [1.82, 2.24) is 5.06 Å². The number of carbonyl (C=O) groups excluding carboxylic acids is 3. The molecule has 0 bridgehead atoms. The van der Waals surface area contributed by atoms with Crippen LogP contribution in [0.15, 0.2) is 48.5 Å². The van der Waals surface area contributed by atoms with Crippen LogP contribution in [0.1, 0.15) is 64.3 Å². The molecule has 4 rings (SSSR count). The van der Waals surface area contributed by atoms with Crippen molar-refractivity contribution >= 4 is 17.8 Å².